The number of hydrogen-bond donors (Lipinski definition) is 1. The average molecular weight is 431 g/mol. The van der Waals surface area contributed by atoms with Gasteiger partial charge in [-0.25, -0.2) is 17.8 Å². The quantitative estimate of drug-likeness (QED) is 0.541. The number of aromatic nitrogens is 4. The van der Waals surface area contributed by atoms with Crippen molar-refractivity contribution in [2.24, 2.45) is 5.92 Å². The van der Waals surface area contributed by atoms with Crippen LogP contribution < -0.4 is 14.2 Å². The van der Waals surface area contributed by atoms with E-state index < -0.39 is 22.5 Å². The van der Waals surface area contributed by atoms with Gasteiger partial charge in [-0.1, -0.05) is 26.0 Å². The first-order chi connectivity index (χ1) is 14.3. The molecule has 0 radical (unpaired) electrons. The third-order valence-electron chi connectivity index (χ3n) is 3.75. The number of nitrogens with zero attached hydrogens (tertiary/aromatic N) is 4. The Morgan fingerprint density at radius 2 is 1.83 bits per heavy atom. The van der Waals surface area contributed by atoms with Gasteiger partial charge in [0.25, 0.3) is 15.9 Å². The zero-order valence-corrected chi connectivity index (χ0v) is 17.2. The summed E-state index contributed by atoms with van der Waals surface area (Å²) in [5, 5.41) is 10.7. The van der Waals surface area contributed by atoms with Crippen LogP contribution in [-0.2, 0) is 14.8 Å². The van der Waals surface area contributed by atoms with Gasteiger partial charge < -0.3 is 9.47 Å². The molecule has 1 N–H and O–H groups in total. The topological polar surface area (TPSA) is 125 Å². The Balaban J connectivity index is 1.61. The van der Waals surface area contributed by atoms with E-state index in [2.05, 4.69) is 15.5 Å². The normalized spacial score (nSPS) is 11.3. The molecular weight excluding hydrogens is 410 g/mol. The van der Waals surface area contributed by atoms with Crippen LogP contribution in [0, 0.1) is 5.92 Å². The van der Waals surface area contributed by atoms with E-state index in [-0.39, 0.29) is 4.90 Å². The average Bonchev–Trinajstić information content (AvgIpc) is 3.26. The van der Waals surface area contributed by atoms with E-state index in [0.29, 0.717) is 29.7 Å². The Morgan fingerprint density at radius 1 is 1.10 bits per heavy atom. The van der Waals surface area contributed by atoms with Crippen molar-refractivity contribution in [1.82, 2.24) is 24.9 Å². The van der Waals surface area contributed by atoms with Crippen molar-refractivity contribution in [3.8, 4) is 17.2 Å². The van der Waals surface area contributed by atoms with Crippen LogP contribution >= 0.6 is 0 Å². The second-order valence-corrected chi connectivity index (χ2v) is 8.43. The lowest BCUT2D eigenvalue weighted by Crippen LogP contribution is -2.34. The van der Waals surface area contributed by atoms with Crippen LogP contribution in [-0.4, -0.2) is 47.7 Å². The molecular formula is C19H21N5O5S. The summed E-state index contributed by atoms with van der Waals surface area (Å²) in [5.74, 6) is 0.555. The van der Waals surface area contributed by atoms with Crippen LogP contribution in [0.3, 0.4) is 0 Å². The van der Waals surface area contributed by atoms with Crippen LogP contribution in [0.1, 0.15) is 13.8 Å². The minimum atomic E-state index is -4.09. The lowest BCUT2D eigenvalue weighted by molar-refractivity contribution is -0.121. The van der Waals surface area contributed by atoms with Crippen LogP contribution in [0.4, 0.5) is 0 Å². The van der Waals surface area contributed by atoms with Crippen LogP contribution in [0.25, 0.3) is 5.69 Å². The second-order valence-electron chi connectivity index (χ2n) is 6.75. The number of hydrogen-bond acceptors (Lipinski definition) is 8. The first-order valence-corrected chi connectivity index (χ1v) is 10.6. The van der Waals surface area contributed by atoms with E-state index in [9.17, 15) is 13.2 Å². The summed E-state index contributed by atoms with van der Waals surface area (Å²) >= 11 is 0. The summed E-state index contributed by atoms with van der Waals surface area (Å²) in [6.07, 6.45) is 1.33. The van der Waals surface area contributed by atoms with E-state index in [4.69, 9.17) is 9.47 Å². The monoisotopic (exact) mass is 431 g/mol. The number of carbonyl (C=O) groups is 1. The molecule has 1 amide bonds. The van der Waals surface area contributed by atoms with Crippen LogP contribution in [0.15, 0.2) is 59.8 Å². The fourth-order valence-corrected chi connectivity index (χ4v) is 3.39. The number of tetrazole rings is 1. The SMILES string of the molecule is CC(C)COc1cccc(OCC(=O)NS(=O)(=O)c2cccc(-n3cnnn3)c2)c1. The lowest BCUT2D eigenvalue weighted by Gasteiger charge is -2.11. The maximum Gasteiger partial charge on any atom is 0.271 e. The van der Waals surface area contributed by atoms with Gasteiger partial charge in [-0.2, -0.15) is 0 Å². The van der Waals surface area contributed by atoms with Gasteiger partial charge in [0.1, 0.15) is 17.8 Å². The number of carbonyl (C=O) groups excluding carboxylic acids is 1. The smallest absolute Gasteiger partial charge is 0.271 e. The highest BCUT2D eigenvalue weighted by atomic mass is 32.2. The Bertz CT molecular complexity index is 1100. The summed E-state index contributed by atoms with van der Waals surface area (Å²) in [6, 6.07) is 12.7. The number of rotatable bonds is 9. The molecule has 11 heteroatoms. The molecule has 0 aliphatic carbocycles. The molecule has 0 aliphatic heterocycles. The first kappa shape index (κ1) is 21.2. The van der Waals surface area contributed by atoms with Crippen LogP contribution in [0.5, 0.6) is 11.5 Å². The predicted octanol–water partition coefficient (Wildman–Crippen LogP) is 1.58. The molecule has 0 atom stereocenters. The second kappa shape index (κ2) is 9.35. The van der Waals surface area contributed by atoms with Crippen molar-refractivity contribution in [1.29, 1.82) is 0 Å². The van der Waals surface area contributed by atoms with Gasteiger partial charge >= 0.3 is 0 Å². The fourth-order valence-electron chi connectivity index (χ4n) is 2.38. The molecule has 1 aromatic heterocycles. The fraction of sp³-hybridized carbons (Fsp3) is 0.263. The molecule has 2 aromatic carbocycles. The molecule has 0 spiro atoms. The van der Waals surface area contributed by atoms with Crippen molar-refractivity contribution < 1.29 is 22.7 Å². The molecule has 0 bridgehead atoms. The lowest BCUT2D eigenvalue weighted by atomic mass is 10.2. The molecule has 0 fully saturated rings. The third-order valence-corrected chi connectivity index (χ3v) is 5.12. The third kappa shape index (κ3) is 5.77. The molecule has 0 aliphatic rings. The summed E-state index contributed by atoms with van der Waals surface area (Å²) in [7, 11) is -4.09. The number of sulfonamides is 1. The molecule has 30 heavy (non-hydrogen) atoms. The van der Waals surface area contributed by atoms with E-state index in [1.807, 2.05) is 18.6 Å². The molecule has 3 rings (SSSR count). The molecule has 10 nitrogen and oxygen atoms in total. The van der Waals surface area contributed by atoms with Crippen LogP contribution in [0.2, 0.25) is 0 Å². The van der Waals surface area contributed by atoms with Gasteiger partial charge in [0.05, 0.1) is 17.2 Å². The molecule has 0 unspecified atom stereocenters. The van der Waals surface area contributed by atoms with E-state index in [1.165, 1.54) is 29.2 Å². The maximum atomic E-state index is 12.5. The zero-order valence-electron chi connectivity index (χ0n) is 16.4. The van der Waals surface area contributed by atoms with Crippen molar-refractivity contribution in [2.45, 2.75) is 18.7 Å². The first-order valence-electron chi connectivity index (χ1n) is 9.08. The van der Waals surface area contributed by atoms with Gasteiger partial charge in [0.15, 0.2) is 6.61 Å². The molecule has 1 heterocycles. The van der Waals surface area contributed by atoms with E-state index in [0.717, 1.165) is 0 Å². The zero-order chi connectivity index (χ0) is 21.6. The number of nitrogens with one attached hydrogen (secondary N) is 1. The number of amides is 1. The Labute approximate surface area is 173 Å². The van der Waals surface area contributed by atoms with Crippen molar-refractivity contribution in [3.63, 3.8) is 0 Å². The highest BCUT2D eigenvalue weighted by molar-refractivity contribution is 7.90. The van der Waals surface area contributed by atoms with Gasteiger partial charge in [-0.15, -0.1) is 5.10 Å². The summed E-state index contributed by atoms with van der Waals surface area (Å²) < 4.78 is 39.3. The van der Waals surface area contributed by atoms with Crippen molar-refractivity contribution in [3.05, 3.63) is 54.9 Å². The summed E-state index contributed by atoms with van der Waals surface area (Å²) in [6.45, 7) is 4.14. The van der Waals surface area contributed by atoms with Gasteiger partial charge in [-0.3, -0.25) is 4.79 Å². The Morgan fingerprint density at radius 3 is 2.53 bits per heavy atom. The molecule has 0 saturated carbocycles. The number of benzene rings is 2. The largest absolute Gasteiger partial charge is 0.493 e. The summed E-state index contributed by atoms with van der Waals surface area (Å²) in [5.41, 5.74) is 0.435. The Hall–Kier alpha value is -3.47. The standard InChI is InChI=1S/C19H21N5O5S/c1-14(2)11-28-16-6-4-7-17(10-16)29-12-19(25)21-30(26,27)18-8-3-5-15(9-18)24-13-20-22-23-24/h3-10,13-14H,11-12H2,1-2H3,(H,21,25). The highest BCUT2D eigenvalue weighted by Gasteiger charge is 2.19. The minimum Gasteiger partial charge on any atom is -0.493 e. The Kier molecular flexibility index (Phi) is 6.62. The van der Waals surface area contributed by atoms with Gasteiger partial charge in [-0.05, 0) is 46.7 Å². The van der Waals surface area contributed by atoms with Gasteiger partial charge in [0, 0.05) is 6.07 Å². The molecule has 3 aromatic rings. The van der Waals surface area contributed by atoms with Gasteiger partial charge in [0.2, 0.25) is 0 Å². The van der Waals surface area contributed by atoms with Crippen molar-refractivity contribution >= 4 is 15.9 Å². The predicted molar refractivity (Wildman–Crippen MR) is 107 cm³/mol. The maximum absolute atomic E-state index is 12.5. The highest BCUT2D eigenvalue weighted by Crippen LogP contribution is 2.20. The number of ether oxygens (including phenoxy) is 2. The minimum absolute atomic E-state index is 0.104. The van der Waals surface area contributed by atoms with Crippen molar-refractivity contribution in [2.75, 3.05) is 13.2 Å². The molecule has 158 valence electrons. The van der Waals surface area contributed by atoms with E-state index in [1.54, 1.807) is 30.3 Å². The summed E-state index contributed by atoms with van der Waals surface area (Å²) in [4.78, 5) is 12.0. The van der Waals surface area contributed by atoms with E-state index >= 15 is 0 Å². The molecule has 0 saturated heterocycles.